The number of nitrogens with two attached hydrogens (primary N) is 1. The molecule has 0 aliphatic carbocycles. The van der Waals surface area contributed by atoms with E-state index in [1.54, 1.807) is 38.2 Å². The fourth-order valence-corrected chi connectivity index (χ4v) is 3.22. The number of sulfonamides is 1. The number of hydrogen-bond donors (Lipinski definition) is 2. The summed E-state index contributed by atoms with van der Waals surface area (Å²) in [5, 5.41) is 3.90. The minimum absolute atomic E-state index is 0.0113. The van der Waals surface area contributed by atoms with E-state index in [0.29, 0.717) is 17.1 Å². The van der Waals surface area contributed by atoms with Crippen molar-refractivity contribution in [2.45, 2.75) is 11.8 Å². The number of aromatic nitrogens is 2. The zero-order valence-electron chi connectivity index (χ0n) is 11.4. The van der Waals surface area contributed by atoms with Gasteiger partial charge < -0.3 is 10.5 Å². The lowest BCUT2D eigenvalue weighted by atomic mass is 10.3. The molecule has 8 heteroatoms. The zero-order chi connectivity index (χ0) is 14.9. The Morgan fingerprint density at radius 2 is 2.10 bits per heavy atom. The van der Waals surface area contributed by atoms with Crippen molar-refractivity contribution in [1.29, 1.82) is 0 Å². The van der Waals surface area contributed by atoms with Gasteiger partial charge in [-0.2, -0.15) is 5.10 Å². The maximum atomic E-state index is 12.4. The highest BCUT2D eigenvalue weighted by Gasteiger charge is 2.24. The Bertz CT molecular complexity index is 737. The van der Waals surface area contributed by atoms with Crippen LogP contribution in [0.15, 0.2) is 29.2 Å². The van der Waals surface area contributed by atoms with E-state index in [0.717, 1.165) is 0 Å². The average Bonchev–Trinajstić information content (AvgIpc) is 2.63. The summed E-state index contributed by atoms with van der Waals surface area (Å²) in [7, 11) is -0.647. The summed E-state index contributed by atoms with van der Waals surface area (Å²) in [6.45, 7) is 1.64. The van der Waals surface area contributed by atoms with Crippen molar-refractivity contribution in [2.24, 2.45) is 7.05 Å². The van der Waals surface area contributed by atoms with Gasteiger partial charge in [-0.25, -0.2) is 8.42 Å². The van der Waals surface area contributed by atoms with Gasteiger partial charge in [0.2, 0.25) is 0 Å². The maximum Gasteiger partial charge on any atom is 0.267 e. The van der Waals surface area contributed by atoms with E-state index in [1.807, 2.05) is 0 Å². The molecule has 0 saturated carbocycles. The molecule has 0 bridgehead atoms. The van der Waals surface area contributed by atoms with Crippen molar-refractivity contribution in [1.82, 2.24) is 9.78 Å². The Morgan fingerprint density at radius 1 is 1.40 bits per heavy atom. The predicted octanol–water partition coefficient (Wildman–Crippen LogP) is 1.12. The Labute approximate surface area is 117 Å². The van der Waals surface area contributed by atoms with Gasteiger partial charge in [0, 0.05) is 13.1 Å². The predicted molar refractivity (Wildman–Crippen MR) is 76.2 cm³/mol. The van der Waals surface area contributed by atoms with Crippen molar-refractivity contribution in [2.75, 3.05) is 17.6 Å². The Balaban J connectivity index is 2.40. The molecule has 1 aromatic carbocycles. The lowest BCUT2D eigenvalue weighted by Gasteiger charge is -2.09. The summed E-state index contributed by atoms with van der Waals surface area (Å²) in [5.74, 6) is 0.529. The lowest BCUT2D eigenvalue weighted by Crippen LogP contribution is -2.15. The molecule has 0 aliphatic heterocycles. The molecule has 1 aromatic heterocycles. The first-order chi connectivity index (χ1) is 9.35. The second-order valence-electron chi connectivity index (χ2n) is 4.26. The molecule has 0 fully saturated rings. The summed E-state index contributed by atoms with van der Waals surface area (Å²) in [6, 6.07) is 6.62. The zero-order valence-corrected chi connectivity index (χ0v) is 12.2. The van der Waals surface area contributed by atoms with Gasteiger partial charge in [-0.1, -0.05) is 6.07 Å². The molecular weight excluding hydrogens is 280 g/mol. The lowest BCUT2D eigenvalue weighted by molar-refractivity contribution is 0.415. The molecule has 3 N–H and O–H groups in total. The molecule has 0 aliphatic rings. The van der Waals surface area contributed by atoms with E-state index in [4.69, 9.17) is 10.5 Å². The second-order valence-corrected chi connectivity index (χ2v) is 5.88. The van der Waals surface area contributed by atoms with Gasteiger partial charge in [0.15, 0.2) is 10.7 Å². The Kier molecular flexibility index (Phi) is 3.58. The topological polar surface area (TPSA) is 99.2 Å². The number of hydrogen-bond acceptors (Lipinski definition) is 5. The van der Waals surface area contributed by atoms with E-state index in [-0.39, 0.29) is 10.7 Å². The van der Waals surface area contributed by atoms with Gasteiger partial charge in [0.1, 0.15) is 5.75 Å². The quantitative estimate of drug-likeness (QED) is 0.880. The minimum atomic E-state index is -3.79. The van der Waals surface area contributed by atoms with Crippen LogP contribution in [0, 0.1) is 6.92 Å². The molecule has 0 radical (unpaired) electrons. The summed E-state index contributed by atoms with van der Waals surface area (Å²) in [6.07, 6.45) is 0. The van der Waals surface area contributed by atoms with E-state index in [1.165, 1.54) is 11.8 Å². The SMILES string of the molecule is COc1cccc(NS(=O)(=O)c2c(N)nn(C)c2C)c1. The van der Waals surface area contributed by atoms with Crippen LogP contribution in [0.1, 0.15) is 5.69 Å². The molecule has 2 aromatic rings. The molecule has 20 heavy (non-hydrogen) atoms. The van der Waals surface area contributed by atoms with Gasteiger partial charge in [-0.3, -0.25) is 9.40 Å². The summed E-state index contributed by atoms with van der Waals surface area (Å²) in [5.41, 5.74) is 6.53. The van der Waals surface area contributed by atoms with Crippen LogP contribution in [0.3, 0.4) is 0 Å². The number of rotatable bonds is 4. The minimum Gasteiger partial charge on any atom is -0.497 e. The van der Waals surface area contributed by atoms with Crippen molar-refractivity contribution >= 4 is 21.5 Å². The number of benzene rings is 1. The fraction of sp³-hybridized carbons (Fsp3) is 0.250. The van der Waals surface area contributed by atoms with E-state index < -0.39 is 10.0 Å². The van der Waals surface area contributed by atoms with Gasteiger partial charge >= 0.3 is 0 Å². The second kappa shape index (κ2) is 5.04. The van der Waals surface area contributed by atoms with Gasteiger partial charge in [-0.05, 0) is 19.1 Å². The van der Waals surface area contributed by atoms with Crippen LogP contribution >= 0.6 is 0 Å². The molecule has 0 atom stereocenters. The van der Waals surface area contributed by atoms with Crippen LogP contribution in [0.25, 0.3) is 0 Å². The molecule has 1 heterocycles. The smallest absolute Gasteiger partial charge is 0.267 e. The number of aryl methyl sites for hydroxylation is 1. The molecule has 0 amide bonds. The third kappa shape index (κ3) is 2.55. The fourth-order valence-electron chi connectivity index (χ4n) is 1.84. The van der Waals surface area contributed by atoms with Crippen molar-refractivity contribution < 1.29 is 13.2 Å². The average molecular weight is 296 g/mol. The Morgan fingerprint density at radius 3 is 2.65 bits per heavy atom. The summed E-state index contributed by atoms with van der Waals surface area (Å²) in [4.78, 5) is -0.0113. The first kappa shape index (κ1) is 14.2. The highest BCUT2D eigenvalue weighted by atomic mass is 32.2. The number of nitrogen functional groups attached to an aromatic ring is 1. The van der Waals surface area contributed by atoms with Crippen LogP contribution in [0.2, 0.25) is 0 Å². The van der Waals surface area contributed by atoms with E-state index in [2.05, 4.69) is 9.82 Å². The summed E-state index contributed by atoms with van der Waals surface area (Å²) < 4.78 is 33.7. The molecule has 0 saturated heterocycles. The first-order valence-corrected chi connectivity index (χ1v) is 7.29. The highest BCUT2D eigenvalue weighted by Crippen LogP contribution is 2.25. The number of anilines is 2. The van der Waals surface area contributed by atoms with Crippen molar-refractivity contribution in [3.8, 4) is 5.75 Å². The molecule has 0 spiro atoms. The standard InChI is InChI=1S/C12H16N4O3S/c1-8-11(12(13)14-16(8)2)20(17,18)15-9-5-4-6-10(7-9)19-3/h4-7,15H,1-3H3,(H2,13,14). The third-order valence-corrected chi connectivity index (χ3v) is 4.44. The maximum absolute atomic E-state index is 12.4. The number of methoxy groups -OCH3 is 1. The Hall–Kier alpha value is -2.22. The number of nitrogens with zero attached hydrogens (tertiary/aromatic N) is 2. The van der Waals surface area contributed by atoms with Crippen LogP contribution < -0.4 is 15.2 Å². The van der Waals surface area contributed by atoms with Crippen molar-refractivity contribution in [3.05, 3.63) is 30.0 Å². The molecule has 108 valence electrons. The van der Waals surface area contributed by atoms with Gasteiger partial charge in [0.05, 0.1) is 18.5 Å². The van der Waals surface area contributed by atoms with Crippen molar-refractivity contribution in [3.63, 3.8) is 0 Å². The molecular formula is C12H16N4O3S. The molecule has 2 rings (SSSR count). The van der Waals surface area contributed by atoms with E-state index >= 15 is 0 Å². The van der Waals surface area contributed by atoms with Crippen LogP contribution in [-0.4, -0.2) is 25.3 Å². The normalized spacial score (nSPS) is 11.3. The van der Waals surface area contributed by atoms with Crippen LogP contribution in [0.5, 0.6) is 5.75 Å². The third-order valence-electron chi connectivity index (χ3n) is 2.90. The summed E-state index contributed by atoms with van der Waals surface area (Å²) >= 11 is 0. The molecule has 0 unspecified atom stereocenters. The molecule has 7 nitrogen and oxygen atoms in total. The largest absolute Gasteiger partial charge is 0.497 e. The van der Waals surface area contributed by atoms with E-state index in [9.17, 15) is 8.42 Å². The van der Waals surface area contributed by atoms with Crippen LogP contribution in [0.4, 0.5) is 11.5 Å². The monoisotopic (exact) mass is 296 g/mol. The van der Waals surface area contributed by atoms with Crippen LogP contribution in [-0.2, 0) is 17.1 Å². The first-order valence-electron chi connectivity index (χ1n) is 5.81. The highest BCUT2D eigenvalue weighted by molar-refractivity contribution is 7.93. The number of nitrogens with one attached hydrogen (secondary N) is 1. The number of ether oxygens (including phenoxy) is 1. The van der Waals surface area contributed by atoms with Gasteiger partial charge in [-0.15, -0.1) is 0 Å². The van der Waals surface area contributed by atoms with Gasteiger partial charge in [0.25, 0.3) is 10.0 Å².